The molecule has 2 saturated heterocycles. The minimum Gasteiger partial charge on any atom is -0.493 e. The van der Waals surface area contributed by atoms with Gasteiger partial charge in [-0.25, -0.2) is 4.98 Å². The molecule has 1 atom stereocenters. The Kier molecular flexibility index (Phi) is 9.54. The zero-order valence-electron chi connectivity index (χ0n) is 28.0. The summed E-state index contributed by atoms with van der Waals surface area (Å²) in [5, 5.41) is 0. The third-order valence-corrected chi connectivity index (χ3v) is 9.88. The van der Waals surface area contributed by atoms with Gasteiger partial charge in [-0.2, -0.15) is 13.2 Å². The molecular formula is C38H40F3N5O4. The summed E-state index contributed by atoms with van der Waals surface area (Å²) in [6, 6.07) is 14.1. The van der Waals surface area contributed by atoms with Crippen molar-refractivity contribution in [3.05, 3.63) is 89.3 Å². The lowest BCUT2D eigenvalue weighted by molar-refractivity contribution is -0.137. The Morgan fingerprint density at radius 3 is 2.52 bits per heavy atom. The Morgan fingerprint density at radius 2 is 1.76 bits per heavy atom. The van der Waals surface area contributed by atoms with Crippen molar-refractivity contribution in [1.29, 1.82) is 0 Å². The van der Waals surface area contributed by atoms with E-state index in [4.69, 9.17) is 9.47 Å². The molecule has 4 aromatic rings. The van der Waals surface area contributed by atoms with E-state index in [9.17, 15) is 22.8 Å². The molecule has 0 radical (unpaired) electrons. The molecule has 3 aliphatic rings. The van der Waals surface area contributed by atoms with Gasteiger partial charge in [0, 0.05) is 44.5 Å². The second-order valence-electron chi connectivity index (χ2n) is 13.0. The first-order valence-corrected chi connectivity index (χ1v) is 17.2. The largest absolute Gasteiger partial charge is 0.493 e. The maximum atomic E-state index is 13.6. The molecule has 0 spiro atoms. The van der Waals surface area contributed by atoms with Crippen molar-refractivity contribution in [2.45, 2.75) is 44.3 Å². The number of amides is 2. The van der Waals surface area contributed by atoms with E-state index < -0.39 is 11.7 Å². The van der Waals surface area contributed by atoms with Gasteiger partial charge in [-0.1, -0.05) is 30.4 Å². The van der Waals surface area contributed by atoms with Gasteiger partial charge in [-0.15, -0.1) is 0 Å². The van der Waals surface area contributed by atoms with E-state index in [0.29, 0.717) is 59.4 Å². The highest BCUT2D eigenvalue weighted by atomic mass is 19.4. The molecule has 2 aromatic heterocycles. The van der Waals surface area contributed by atoms with Crippen LogP contribution in [0, 0.1) is 0 Å². The SMILES string of the molecule is COc1cc2c(cc1OCCCCCN1CCN(C(=O)c3nc(-c4ccc(C(F)(F)F)cc4)n4ccccc34)CC1)C=C[C@@H]1CCCN1C2=O. The second-order valence-corrected chi connectivity index (χ2v) is 13.0. The van der Waals surface area contributed by atoms with Crippen LogP contribution >= 0.6 is 0 Å². The Hall–Kier alpha value is -4.84. The molecule has 9 nitrogen and oxygen atoms in total. The lowest BCUT2D eigenvalue weighted by Crippen LogP contribution is -2.49. The van der Waals surface area contributed by atoms with Crippen LogP contribution in [-0.4, -0.2) is 94.9 Å². The summed E-state index contributed by atoms with van der Waals surface area (Å²) in [7, 11) is 1.59. The molecule has 3 aliphatic heterocycles. The monoisotopic (exact) mass is 687 g/mol. The van der Waals surface area contributed by atoms with Gasteiger partial charge >= 0.3 is 6.18 Å². The number of hydrogen-bond donors (Lipinski definition) is 0. The maximum absolute atomic E-state index is 13.6. The van der Waals surface area contributed by atoms with E-state index in [1.165, 1.54) is 12.1 Å². The van der Waals surface area contributed by atoms with Crippen molar-refractivity contribution in [3.8, 4) is 22.9 Å². The molecule has 2 fully saturated rings. The predicted octanol–water partition coefficient (Wildman–Crippen LogP) is 6.67. The highest BCUT2D eigenvalue weighted by Gasteiger charge is 2.33. The average molecular weight is 688 g/mol. The summed E-state index contributed by atoms with van der Waals surface area (Å²) in [6.45, 7) is 4.86. The number of methoxy groups -OCH3 is 1. The van der Waals surface area contributed by atoms with Gasteiger partial charge in [0.25, 0.3) is 11.8 Å². The predicted molar refractivity (Wildman–Crippen MR) is 183 cm³/mol. The number of carbonyl (C=O) groups excluding carboxylic acids is 2. The molecular weight excluding hydrogens is 647 g/mol. The molecule has 2 aromatic carbocycles. The zero-order chi connectivity index (χ0) is 34.8. The molecule has 0 bridgehead atoms. The van der Waals surface area contributed by atoms with Gasteiger partial charge in [0.05, 0.1) is 36.4 Å². The third-order valence-electron chi connectivity index (χ3n) is 9.88. The van der Waals surface area contributed by atoms with E-state index in [0.717, 1.165) is 76.0 Å². The topological polar surface area (TPSA) is 79.6 Å². The van der Waals surface area contributed by atoms with E-state index in [-0.39, 0.29) is 17.9 Å². The standard InChI is InChI=1S/C38H40F3N5O4/c1-49-32-25-30-27(12-15-29-8-7-18-45(29)36(30)47)24-33(32)50-23-6-2-4-16-43-19-21-44(22-20-43)37(48)34-31-9-3-5-17-46(31)35(42-34)26-10-13-28(14-11-26)38(39,40)41/h3,5,9-15,17,24-25,29H,2,4,6-8,16,18-23H2,1H3/t29-/m0/s1. The maximum Gasteiger partial charge on any atom is 0.416 e. The minimum atomic E-state index is -4.43. The van der Waals surface area contributed by atoms with Crippen LogP contribution in [0.4, 0.5) is 13.2 Å². The van der Waals surface area contributed by atoms with Crippen LogP contribution in [0.3, 0.4) is 0 Å². The van der Waals surface area contributed by atoms with Crippen LogP contribution in [0.2, 0.25) is 0 Å². The fourth-order valence-electron chi connectivity index (χ4n) is 7.11. The van der Waals surface area contributed by atoms with Crippen molar-refractivity contribution in [1.82, 2.24) is 24.1 Å². The molecule has 50 heavy (non-hydrogen) atoms. The Bertz CT molecular complexity index is 1900. The first-order chi connectivity index (χ1) is 24.2. The van der Waals surface area contributed by atoms with E-state index >= 15 is 0 Å². The molecule has 12 heteroatoms. The van der Waals surface area contributed by atoms with Crippen molar-refractivity contribution >= 4 is 23.4 Å². The number of rotatable bonds is 10. The number of pyridine rings is 1. The number of carbonyl (C=O) groups is 2. The molecule has 0 saturated carbocycles. The zero-order valence-corrected chi connectivity index (χ0v) is 28.0. The lowest BCUT2D eigenvalue weighted by atomic mass is 10.1. The number of fused-ring (bicyclic) bond motifs is 3. The van der Waals surface area contributed by atoms with Gasteiger partial charge in [0.2, 0.25) is 0 Å². The Balaban J connectivity index is 0.889. The summed E-state index contributed by atoms with van der Waals surface area (Å²) < 4.78 is 52.8. The van der Waals surface area contributed by atoms with E-state index in [1.807, 2.05) is 23.1 Å². The number of alkyl halides is 3. The highest BCUT2D eigenvalue weighted by molar-refractivity contribution is 6.01. The fraction of sp³-hybridized carbons (Fsp3) is 0.395. The van der Waals surface area contributed by atoms with E-state index in [2.05, 4.69) is 16.0 Å². The van der Waals surface area contributed by atoms with Crippen LogP contribution in [0.25, 0.3) is 23.0 Å². The number of imidazole rings is 1. The smallest absolute Gasteiger partial charge is 0.416 e. The summed E-state index contributed by atoms with van der Waals surface area (Å²) in [6.07, 6.45) is 6.34. The number of unbranched alkanes of at least 4 members (excludes halogenated alkanes) is 2. The molecule has 7 rings (SSSR count). The first kappa shape index (κ1) is 33.6. The van der Waals surface area contributed by atoms with Crippen LogP contribution in [0.5, 0.6) is 11.5 Å². The molecule has 2 amide bonds. The molecule has 5 heterocycles. The van der Waals surface area contributed by atoms with Gasteiger partial charge < -0.3 is 19.3 Å². The molecule has 0 N–H and O–H groups in total. The number of ether oxygens (including phenoxy) is 2. The van der Waals surface area contributed by atoms with Crippen LogP contribution in [0.15, 0.2) is 66.9 Å². The number of piperazine rings is 1. The first-order valence-electron chi connectivity index (χ1n) is 17.2. The highest BCUT2D eigenvalue weighted by Crippen LogP contribution is 2.36. The van der Waals surface area contributed by atoms with Crippen molar-refractivity contribution in [3.63, 3.8) is 0 Å². The van der Waals surface area contributed by atoms with Crippen LogP contribution in [-0.2, 0) is 6.18 Å². The van der Waals surface area contributed by atoms with Gasteiger partial charge in [-0.3, -0.25) is 18.9 Å². The number of hydrogen-bond acceptors (Lipinski definition) is 6. The van der Waals surface area contributed by atoms with Crippen LogP contribution < -0.4 is 9.47 Å². The second kappa shape index (κ2) is 14.2. The Morgan fingerprint density at radius 1 is 0.960 bits per heavy atom. The third kappa shape index (κ3) is 6.81. The van der Waals surface area contributed by atoms with Gasteiger partial charge in [0.15, 0.2) is 17.2 Å². The number of benzene rings is 2. The van der Waals surface area contributed by atoms with Crippen LogP contribution in [0.1, 0.15) is 64.1 Å². The van der Waals surface area contributed by atoms with Crippen molar-refractivity contribution in [2.24, 2.45) is 0 Å². The lowest BCUT2D eigenvalue weighted by Gasteiger charge is -2.34. The minimum absolute atomic E-state index is 0.0449. The average Bonchev–Trinajstić information content (AvgIpc) is 3.74. The summed E-state index contributed by atoms with van der Waals surface area (Å²) in [4.78, 5) is 37.5. The fourth-order valence-corrected chi connectivity index (χ4v) is 7.11. The molecule has 0 unspecified atom stereocenters. The summed E-state index contributed by atoms with van der Waals surface area (Å²) in [5.74, 6) is 1.49. The number of nitrogens with zero attached hydrogens (tertiary/aromatic N) is 5. The summed E-state index contributed by atoms with van der Waals surface area (Å²) >= 11 is 0. The van der Waals surface area contributed by atoms with Crippen molar-refractivity contribution in [2.75, 3.05) is 53.0 Å². The molecule has 0 aliphatic carbocycles. The number of aromatic nitrogens is 2. The molecule has 262 valence electrons. The van der Waals surface area contributed by atoms with E-state index in [1.54, 1.807) is 40.8 Å². The van der Waals surface area contributed by atoms with Crippen molar-refractivity contribution < 1.29 is 32.2 Å². The Labute approximate surface area is 288 Å². The quantitative estimate of drug-likeness (QED) is 0.174. The normalized spacial score (nSPS) is 17.9. The summed E-state index contributed by atoms with van der Waals surface area (Å²) in [5.41, 5.74) is 2.19. The van der Waals surface area contributed by atoms with Gasteiger partial charge in [-0.05, 0) is 80.6 Å². The number of halogens is 3. The van der Waals surface area contributed by atoms with Gasteiger partial charge in [0.1, 0.15) is 5.82 Å².